The molecule has 0 saturated carbocycles. The van der Waals surface area contributed by atoms with Crippen LogP contribution < -0.4 is 15.4 Å². The Hall–Kier alpha value is -1.36. The van der Waals surface area contributed by atoms with Crippen molar-refractivity contribution in [3.63, 3.8) is 0 Å². The van der Waals surface area contributed by atoms with Gasteiger partial charge in [0.25, 0.3) is 0 Å². The molecule has 1 saturated heterocycles. The van der Waals surface area contributed by atoms with Crippen LogP contribution >= 0.6 is 35.3 Å². The molecule has 1 fully saturated rings. The second-order valence-electron chi connectivity index (χ2n) is 7.31. The molecule has 1 aliphatic heterocycles. The van der Waals surface area contributed by atoms with Crippen LogP contribution in [0.2, 0.25) is 0 Å². The zero-order valence-electron chi connectivity index (χ0n) is 18.5. The quantitative estimate of drug-likeness (QED) is 0.263. The van der Waals surface area contributed by atoms with Crippen LogP contribution in [0.3, 0.4) is 0 Å². The van der Waals surface area contributed by atoms with Crippen molar-refractivity contribution in [2.75, 3.05) is 53.0 Å². The molecule has 1 aromatic heterocycles. The Balaban J connectivity index is 0.00000341. The standard InChI is InChI=1S/C23H34N4O2S.HI/c1-3-13-29-20-7-4-6-19(17-20)9-10-25-23(24-2)26-18-21(22-8-5-16-30-22)27-11-14-28-15-12-27;/h4-8,16-17,21H,3,9-15,18H2,1-2H3,(H2,24,25,26);1H. The number of guanidine groups is 1. The van der Waals surface area contributed by atoms with Crippen molar-refractivity contribution in [3.8, 4) is 5.75 Å². The van der Waals surface area contributed by atoms with E-state index in [4.69, 9.17) is 9.47 Å². The Bertz CT molecular complexity index is 767. The third-order valence-electron chi connectivity index (χ3n) is 5.12. The lowest BCUT2D eigenvalue weighted by atomic mass is 10.1. The van der Waals surface area contributed by atoms with Crippen molar-refractivity contribution in [1.82, 2.24) is 15.5 Å². The summed E-state index contributed by atoms with van der Waals surface area (Å²) >= 11 is 1.81. The summed E-state index contributed by atoms with van der Waals surface area (Å²) in [5, 5.41) is 9.11. The number of rotatable bonds is 10. The lowest BCUT2D eigenvalue weighted by Crippen LogP contribution is -2.46. The van der Waals surface area contributed by atoms with Crippen LogP contribution in [0.4, 0.5) is 0 Å². The van der Waals surface area contributed by atoms with Crippen molar-refractivity contribution in [1.29, 1.82) is 0 Å². The number of nitrogens with zero attached hydrogens (tertiary/aromatic N) is 2. The first-order valence-electron chi connectivity index (χ1n) is 10.8. The molecular formula is C23H35IN4O2S. The monoisotopic (exact) mass is 558 g/mol. The van der Waals surface area contributed by atoms with Crippen LogP contribution in [0, 0.1) is 0 Å². The highest BCUT2D eigenvalue weighted by molar-refractivity contribution is 14.0. The summed E-state index contributed by atoms with van der Waals surface area (Å²) in [6.45, 7) is 8.05. The van der Waals surface area contributed by atoms with E-state index in [0.717, 1.165) is 70.6 Å². The fourth-order valence-corrected chi connectivity index (χ4v) is 4.39. The lowest BCUT2D eigenvalue weighted by Gasteiger charge is -2.34. The van der Waals surface area contributed by atoms with Gasteiger partial charge in [-0.2, -0.15) is 0 Å². The van der Waals surface area contributed by atoms with Gasteiger partial charge in [0.05, 0.1) is 25.9 Å². The number of ether oxygens (including phenoxy) is 2. The van der Waals surface area contributed by atoms with Crippen molar-refractivity contribution < 1.29 is 9.47 Å². The predicted octanol–water partition coefficient (Wildman–Crippen LogP) is 3.94. The minimum atomic E-state index is 0. The Labute approximate surface area is 207 Å². The van der Waals surface area contributed by atoms with E-state index in [1.54, 1.807) is 0 Å². The van der Waals surface area contributed by atoms with E-state index in [-0.39, 0.29) is 24.0 Å². The average Bonchev–Trinajstić information content (AvgIpc) is 3.32. The molecule has 172 valence electrons. The third-order valence-corrected chi connectivity index (χ3v) is 6.10. The van der Waals surface area contributed by atoms with Gasteiger partial charge >= 0.3 is 0 Å². The highest BCUT2D eigenvalue weighted by Crippen LogP contribution is 2.25. The van der Waals surface area contributed by atoms with Crippen LogP contribution in [-0.2, 0) is 11.2 Å². The molecule has 1 unspecified atom stereocenters. The zero-order chi connectivity index (χ0) is 21.0. The summed E-state index contributed by atoms with van der Waals surface area (Å²) in [7, 11) is 1.82. The summed E-state index contributed by atoms with van der Waals surface area (Å²) in [6, 6.07) is 13.0. The van der Waals surface area contributed by atoms with Crippen molar-refractivity contribution >= 4 is 41.3 Å². The normalized spacial score (nSPS) is 15.7. The van der Waals surface area contributed by atoms with Gasteiger partial charge in [-0.05, 0) is 42.0 Å². The van der Waals surface area contributed by atoms with Gasteiger partial charge in [0, 0.05) is 38.1 Å². The SMILES string of the molecule is CCCOc1cccc(CCNC(=NC)NCC(c2cccs2)N2CCOCC2)c1.I. The number of nitrogens with one attached hydrogen (secondary N) is 2. The Morgan fingerprint density at radius 3 is 2.77 bits per heavy atom. The summed E-state index contributed by atoms with van der Waals surface area (Å²) in [5.41, 5.74) is 1.26. The van der Waals surface area contributed by atoms with Gasteiger partial charge in [-0.25, -0.2) is 0 Å². The van der Waals surface area contributed by atoms with Gasteiger partial charge in [-0.3, -0.25) is 9.89 Å². The van der Waals surface area contributed by atoms with Gasteiger partial charge in [0.2, 0.25) is 0 Å². The van der Waals surface area contributed by atoms with E-state index in [9.17, 15) is 0 Å². The van der Waals surface area contributed by atoms with E-state index in [0.29, 0.717) is 6.04 Å². The minimum Gasteiger partial charge on any atom is -0.494 e. The molecule has 1 atom stereocenters. The van der Waals surface area contributed by atoms with E-state index in [2.05, 4.69) is 63.2 Å². The first-order chi connectivity index (χ1) is 14.8. The second-order valence-corrected chi connectivity index (χ2v) is 8.28. The molecule has 0 aliphatic carbocycles. The van der Waals surface area contributed by atoms with Crippen LogP contribution in [0.1, 0.15) is 29.8 Å². The molecule has 1 aromatic carbocycles. The molecule has 8 heteroatoms. The summed E-state index contributed by atoms with van der Waals surface area (Å²) in [4.78, 5) is 8.28. The molecule has 31 heavy (non-hydrogen) atoms. The fourth-order valence-electron chi connectivity index (χ4n) is 3.53. The summed E-state index contributed by atoms with van der Waals surface area (Å²) in [5.74, 6) is 1.78. The maximum Gasteiger partial charge on any atom is 0.191 e. The summed E-state index contributed by atoms with van der Waals surface area (Å²) < 4.78 is 11.3. The van der Waals surface area contributed by atoms with E-state index < -0.39 is 0 Å². The second kappa shape index (κ2) is 14.7. The molecule has 2 heterocycles. The molecule has 0 radical (unpaired) electrons. The number of halogens is 1. The van der Waals surface area contributed by atoms with Gasteiger partial charge in [0.1, 0.15) is 5.75 Å². The number of benzene rings is 1. The van der Waals surface area contributed by atoms with E-state index in [1.807, 2.05) is 24.5 Å². The topological polar surface area (TPSA) is 58.1 Å². The molecule has 0 spiro atoms. The largest absolute Gasteiger partial charge is 0.494 e. The third kappa shape index (κ3) is 8.59. The summed E-state index contributed by atoms with van der Waals surface area (Å²) in [6.07, 6.45) is 1.94. The maximum atomic E-state index is 5.73. The highest BCUT2D eigenvalue weighted by atomic mass is 127. The number of aliphatic imine (C=N–C) groups is 1. The molecule has 0 amide bonds. The lowest BCUT2D eigenvalue weighted by molar-refractivity contribution is 0.0177. The fraction of sp³-hybridized carbons (Fsp3) is 0.522. The van der Waals surface area contributed by atoms with Crippen molar-refractivity contribution in [2.45, 2.75) is 25.8 Å². The van der Waals surface area contributed by atoms with Crippen LogP contribution in [0.5, 0.6) is 5.75 Å². The average molecular weight is 559 g/mol. The van der Waals surface area contributed by atoms with Gasteiger partial charge in [-0.1, -0.05) is 25.1 Å². The van der Waals surface area contributed by atoms with Crippen molar-refractivity contribution in [3.05, 3.63) is 52.2 Å². The first-order valence-corrected chi connectivity index (χ1v) is 11.7. The highest BCUT2D eigenvalue weighted by Gasteiger charge is 2.23. The van der Waals surface area contributed by atoms with Crippen LogP contribution in [-0.4, -0.2) is 63.9 Å². The molecule has 2 N–H and O–H groups in total. The number of hydrogen-bond acceptors (Lipinski definition) is 5. The smallest absolute Gasteiger partial charge is 0.191 e. The Morgan fingerprint density at radius 1 is 1.23 bits per heavy atom. The first kappa shape index (κ1) is 25.9. The van der Waals surface area contributed by atoms with Crippen LogP contribution in [0.25, 0.3) is 0 Å². The molecule has 6 nitrogen and oxygen atoms in total. The maximum absolute atomic E-state index is 5.73. The number of morpholine rings is 1. The molecular weight excluding hydrogens is 523 g/mol. The molecule has 2 aromatic rings. The van der Waals surface area contributed by atoms with E-state index >= 15 is 0 Å². The van der Waals surface area contributed by atoms with Gasteiger partial charge in [-0.15, -0.1) is 35.3 Å². The zero-order valence-corrected chi connectivity index (χ0v) is 21.7. The number of hydrogen-bond donors (Lipinski definition) is 2. The molecule has 3 rings (SSSR count). The van der Waals surface area contributed by atoms with Gasteiger partial charge < -0.3 is 20.1 Å². The Morgan fingerprint density at radius 2 is 2.06 bits per heavy atom. The molecule has 0 bridgehead atoms. The van der Waals surface area contributed by atoms with Crippen molar-refractivity contribution in [2.24, 2.45) is 4.99 Å². The van der Waals surface area contributed by atoms with E-state index in [1.165, 1.54) is 10.4 Å². The minimum absolute atomic E-state index is 0. The predicted molar refractivity (Wildman–Crippen MR) is 140 cm³/mol. The van der Waals surface area contributed by atoms with Crippen LogP contribution in [0.15, 0.2) is 46.8 Å². The molecule has 1 aliphatic rings. The Kier molecular flexibility index (Phi) is 12.2. The number of thiophene rings is 1. The van der Waals surface area contributed by atoms with Gasteiger partial charge in [0.15, 0.2) is 5.96 Å².